The number of benzene rings is 1. The van der Waals surface area contributed by atoms with Crippen molar-refractivity contribution in [3.63, 3.8) is 0 Å². The van der Waals surface area contributed by atoms with Crippen LogP contribution in [0.1, 0.15) is 24.7 Å². The molecule has 0 fully saturated rings. The predicted molar refractivity (Wildman–Crippen MR) is 64.9 cm³/mol. The molecule has 18 heavy (non-hydrogen) atoms. The van der Waals surface area contributed by atoms with Crippen molar-refractivity contribution in [1.29, 1.82) is 0 Å². The molecule has 7 heteroatoms. The number of aromatic nitrogens is 2. The van der Waals surface area contributed by atoms with Crippen LogP contribution in [0.2, 0.25) is 0 Å². The minimum atomic E-state index is -0.355. The molecule has 0 amide bonds. The first-order valence-electron chi connectivity index (χ1n) is 5.11. The molecule has 0 radical (unpaired) electrons. The van der Waals surface area contributed by atoms with Crippen molar-refractivity contribution >= 4 is 12.4 Å². The highest BCUT2D eigenvalue weighted by Crippen LogP contribution is 2.14. The van der Waals surface area contributed by atoms with E-state index >= 15 is 0 Å². The minimum absolute atomic E-state index is 0. The Balaban J connectivity index is 0.00000162. The average Bonchev–Trinajstić information content (AvgIpc) is 2.75. The molecule has 0 unspecified atom stereocenters. The van der Waals surface area contributed by atoms with Crippen molar-refractivity contribution in [2.75, 3.05) is 0 Å². The van der Waals surface area contributed by atoms with Gasteiger partial charge in [0, 0.05) is 6.07 Å². The van der Waals surface area contributed by atoms with E-state index in [9.17, 15) is 4.39 Å². The summed E-state index contributed by atoms with van der Waals surface area (Å²) in [5.41, 5.74) is 5.57. The monoisotopic (exact) mass is 273 g/mol. The van der Waals surface area contributed by atoms with Crippen LogP contribution in [-0.2, 0) is 6.61 Å². The van der Waals surface area contributed by atoms with Gasteiger partial charge in [-0.3, -0.25) is 0 Å². The maximum atomic E-state index is 12.9. The fourth-order valence-electron chi connectivity index (χ4n) is 1.22. The van der Waals surface area contributed by atoms with Gasteiger partial charge >= 0.3 is 0 Å². The third-order valence-corrected chi connectivity index (χ3v) is 2.04. The smallest absolute Gasteiger partial charge is 0.243 e. The summed E-state index contributed by atoms with van der Waals surface area (Å²) in [5.74, 6) is 0.786. The van der Waals surface area contributed by atoms with Crippen molar-refractivity contribution < 1.29 is 13.7 Å². The number of nitrogens with two attached hydrogens (primary N) is 1. The summed E-state index contributed by atoms with van der Waals surface area (Å²) < 4.78 is 23.1. The zero-order valence-electron chi connectivity index (χ0n) is 9.67. The summed E-state index contributed by atoms with van der Waals surface area (Å²) in [6.45, 7) is 1.85. The van der Waals surface area contributed by atoms with Crippen molar-refractivity contribution in [2.24, 2.45) is 5.73 Å². The molecule has 0 aliphatic carbocycles. The fraction of sp³-hybridized carbons (Fsp3) is 0.273. The quantitative estimate of drug-likeness (QED) is 0.925. The van der Waals surface area contributed by atoms with E-state index in [0.717, 1.165) is 0 Å². The van der Waals surface area contributed by atoms with Gasteiger partial charge in [-0.05, 0) is 19.1 Å². The van der Waals surface area contributed by atoms with Gasteiger partial charge in [0.2, 0.25) is 11.7 Å². The first-order valence-corrected chi connectivity index (χ1v) is 5.11. The van der Waals surface area contributed by atoms with E-state index in [1.807, 2.05) is 0 Å². The molecular formula is C11H13ClFN3O2. The molecule has 98 valence electrons. The van der Waals surface area contributed by atoms with E-state index in [4.69, 9.17) is 15.0 Å². The third kappa shape index (κ3) is 3.68. The number of halogens is 2. The van der Waals surface area contributed by atoms with Crippen LogP contribution in [0.25, 0.3) is 0 Å². The van der Waals surface area contributed by atoms with Gasteiger partial charge in [-0.15, -0.1) is 12.4 Å². The number of hydrogen-bond donors (Lipinski definition) is 1. The van der Waals surface area contributed by atoms with Crippen LogP contribution in [-0.4, -0.2) is 10.1 Å². The lowest BCUT2D eigenvalue weighted by molar-refractivity contribution is 0.283. The van der Waals surface area contributed by atoms with Crippen molar-refractivity contribution in [1.82, 2.24) is 10.1 Å². The van der Waals surface area contributed by atoms with Crippen LogP contribution in [0.5, 0.6) is 5.75 Å². The zero-order valence-corrected chi connectivity index (χ0v) is 10.5. The topological polar surface area (TPSA) is 74.2 Å². The maximum absolute atomic E-state index is 12.9. The van der Waals surface area contributed by atoms with Gasteiger partial charge in [0.15, 0.2) is 6.61 Å². The van der Waals surface area contributed by atoms with Crippen LogP contribution in [0.4, 0.5) is 4.39 Å². The highest BCUT2D eigenvalue weighted by molar-refractivity contribution is 5.85. The Morgan fingerprint density at radius 3 is 2.89 bits per heavy atom. The molecule has 1 heterocycles. The van der Waals surface area contributed by atoms with Gasteiger partial charge in [-0.2, -0.15) is 4.98 Å². The van der Waals surface area contributed by atoms with Gasteiger partial charge < -0.3 is 15.0 Å². The Morgan fingerprint density at radius 1 is 1.50 bits per heavy atom. The number of ether oxygens (including phenoxy) is 1. The highest BCUT2D eigenvalue weighted by Gasteiger charge is 2.10. The normalized spacial score (nSPS) is 11.7. The number of rotatable bonds is 4. The molecular weight excluding hydrogens is 261 g/mol. The second kappa shape index (κ2) is 6.32. The Kier molecular flexibility index (Phi) is 5.06. The van der Waals surface area contributed by atoms with E-state index in [-0.39, 0.29) is 30.9 Å². The molecule has 2 rings (SSSR count). The van der Waals surface area contributed by atoms with Crippen molar-refractivity contribution in [2.45, 2.75) is 19.6 Å². The fourth-order valence-corrected chi connectivity index (χ4v) is 1.22. The standard InChI is InChI=1S/C11H12FN3O2.ClH/c1-7(13)11-14-10(15-17-11)6-16-9-4-2-3-8(12)5-9;/h2-5,7H,6,13H2,1H3;1H/t7-;/m1./s1. The van der Waals surface area contributed by atoms with Gasteiger partial charge in [0.1, 0.15) is 11.6 Å². The lowest BCUT2D eigenvalue weighted by atomic mass is 10.3. The van der Waals surface area contributed by atoms with Gasteiger partial charge in [-0.1, -0.05) is 11.2 Å². The van der Waals surface area contributed by atoms with E-state index in [2.05, 4.69) is 10.1 Å². The molecule has 0 saturated carbocycles. The van der Waals surface area contributed by atoms with E-state index in [1.54, 1.807) is 19.1 Å². The number of hydrogen-bond acceptors (Lipinski definition) is 5. The van der Waals surface area contributed by atoms with Crippen molar-refractivity contribution in [3.8, 4) is 5.75 Å². The van der Waals surface area contributed by atoms with E-state index in [0.29, 0.717) is 17.5 Å². The van der Waals surface area contributed by atoms with Crippen LogP contribution >= 0.6 is 12.4 Å². The zero-order chi connectivity index (χ0) is 12.3. The molecule has 1 atom stereocenters. The Labute approximate surface area is 110 Å². The van der Waals surface area contributed by atoms with Crippen LogP contribution < -0.4 is 10.5 Å². The Bertz CT molecular complexity index is 505. The summed E-state index contributed by atoms with van der Waals surface area (Å²) in [6, 6.07) is 5.52. The van der Waals surface area contributed by atoms with Crippen molar-refractivity contribution in [3.05, 3.63) is 41.8 Å². The molecule has 1 aromatic carbocycles. The average molecular weight is 274 g/mol. The molecule has 2 N–H and O–H groups in total. The lowest BCUT2D eigenvalue weighted by Gasteiger charge is -2.02. The summed E-state index contributed by atoms with van der Waals surface area (Å²) >= 11 is 0. The van der Waals surface area contributed by atoms with Gasteiger partial charge in [0.25, 0.3) is 0 Å². The van der Waals surface area contributed by atoms with Crippen LogP contribution in [0.15, 0.2) is 28.8 Å². The second-order valence-corrected chi connectivity index (χ2v) is 3.58. The second-order valence-electron chi connectivity index (χ2n) is 3.58. The lowest BCUT2D eigenvalue weighted by Crippen LogP contribution is -2.05. The number of nitrogens with zero attached hydrogens (tertiary/aromatic N) is 2. The van der Waals surface area contributed by atoms with Gasteiger partial charge in [-0.25, -0.2) is 4.39 Å². The summed E-state index contributed by atoms with van der Waals surface area (Å²) in [4.78, 5) is 4.03. The van der Waals surface area contributed by atoms with Crippen LogP contribution in [0, 0.1) is 5.82 Å². The molecule has 1 aromatic heterocycles. The first kappa shape index (κ1) is 14.4. The molecule has 0 aliphatic heterocycles. The molecule has 2 aromatic rings. The molecule has 0 bridgehead atoms. The van der Waals surface area contributed by atoms with E-state index < -0.39 is 0 Å². The summed E-state index contributed by atoms with van der Waals surface area (Å²) in [6.07, 6.45) is 0. The van der Waals surface area contributed by atoms with Crippen LogP contribution in [0.3, 0.4) is 0 Å². The SMILES string of the molecule is C[C@@H](N)c1nc(COc2cccc(F)c2)no1.Cl. The maximum Gasteiger partial charge on any atom is 0.243 e. The van der Waals surface area contributed by atoms with Gasteiger partial charge in [0.05, 0.1) is 6.04 Å². The highest BCUT2D eigenvalue weighted by atomic mass is 35.5. The molecule has 0 aliphatic rings. The molecule has 5 nitrogen and oxygen atoms in total. The van der Waals surface area contributed by atoms with E-state index in [1.165, 1.54) is 12.1 Å². The largest absolute Gasteiger partial charge is 0.485 e. The predicted octanol–water partition coefficient (Wildman–Crippen LogP) is 2.23. The summed E-state index contributed by atoms with van der Waals surface area (Å²) in [7, 11) is 0. The Morgan fingerprint density at radius 2 is 2.28 bits per heavy atom. The minimum Gasteiger partial charge on any atom is -0.485 e. The summed E-state index contributed by atoms with van der Waals surface area (Å²) in [5, 5.41) is 3.69. The first-order chi connectivity index (χ1) is 8.15. The third-order valence-electron chi connectivity index (χ3n) is 2.04. The molecule has 0 saturated heterocycles. The Hall–Kier alpha value is -1.66. The molecule has 0 spiro atoms.